The quantitative estimate of drug-likeness (QED) is 0.707. The van der Waals surface area contributed by atoms with Gasteiger partial charge in [-0.3, -0.25) is 4.90 Å². The maximum atomic E-state index is 6.28. The zero-order chi connectivity index (χ0) is 19.5. The van der Waals surface area contributed by atoms with Gasteiger partial charge in [0.15, 0.2) is 0 Å². The molecule has 0 radical (unpaired) electrons. The fourth-order valence-corrected chi connectivity index (χ4v) is 4.01. The van der Waals surface area contributed by atoms with Crippen molar-refractivity contribution in [3.8, 4) is 16.9 Å². The van der Waals surface area contributed by atoms with Crippen molar-refractivity contribution in [1.82, 2.24) is 14.9 Å². The number of hydrogen-bond acceptors (Lipinski definition) is 6. The summed E-state index contributed by atoms with van der Waals surface area (Å²) in [6.45, 7) is 1.68. The smallest absolute Gasteiger partial charge is 0.222 e. The molecule has 1 aliphatic heterocycles. The highest BCUT2D eigenvalue weighted by molar-refractivity contribution is 5.77. The van der Waals surface area contributed by atoms with Gasteiger partial charge in [-0.25, -0.2) is 4.98 Å². The molecule has 144 valence electrons. The number of nitrogens with zero attached hydrogens (tertiary/aromatic N) is 3. The van der Waals surface area contributed by atoms with E-state index in [0.29, 0.717) is 18.4 Å². The molecule has 28 heavy (non-hydrogen) atoms. The van der Waals surface area contributed by atoms with Gasteiger partial charge in [0, 0.05) is 18.2 Å². The largest absolute Gasteiger partial charge is 0.497 e. The molecule has 3 aromatic rings. The first-order chi connectivity index (χ1) is 13.7. The van der Waals surface area contributed by atoms with E-state index >= 15 is 0 Å². The van der Waals surface area contributed by atoms with Crippen LogP contribution in [0.2, 0.25) is 0 Å². The first-order valence-corrected chi connectivity index (χ1v) is 9.51. The maximum Gasteiger partial charge on any atom is 0.222 e. The number of methoxy groups -OCH3 is 1. The second-order valence-electron chi connectivity index (χ2n) is 7.06. The predicted octanol–water partition coefficient (Wildman–Crippen LogP) is 3.65. The number of ether oxygens (including phenoxy) is 1. The van der Waals surface area contributed by atoms with Gasteiger partial charge < -0.3 is 16.2 Å². The molecule has 1 atom stereocenters. The summed E-state index contributed by atoms with van der Waals surface area (Å²) < 4.78 is 5.37. The molecule has 0 aliphatic carbocycles. The van der Waals surface area contributed by atoms with Crippen molar-refractivity contribution in [2.75, 3.05) is 25.1 Å². The molecule has 4 rings (SSSR count). The van der Waals surface area contributed by atoms with Gasteiger partial charge in [-0.2, -0.15) is 4.98 Å². The number of nitrogens with two attached hydrogens (primary N) is 2. The average Bonchev–Trinajstić information content (AvgIpc) is 3.16. The van der Waals surface area contributed by atoms with Crippen molar-refractivity contribution in [2.45, 2.75) is 25.4 Å². The Kier molecular flexibility index (Phi) is 5.12. The van der Waals surface area contributed by atoms with Crippen LogP contribution in [0.3, 0.4) is 0 Å². The number of likely N-dealkylation sites (tertiary alicyclic amines) is 1. The van der Waals surface area contributed by atoms with Gasteiger partial charge in [0.2, 0.25) is 5.95 Å². The Morgan fingerprint density at radius 3 is 2.68 bits per heavy atom. The van der Waals surface area contributed by atoms with E-state index in [1.807, 2.05) is 24.3 Å². The maximum absolute atomic E-state index is 6.28. The zero-order valence-corrected chi connectivity index (χ0v) is 16.0. The molecule has 4 N–H and O–H groups in total. The molecule has 1 fully saturated rings. The number of aromatic nitrogens is 2. The van der Waals surface area contributed by atoms with Crippen LogP contribution in [0.5, 0.6) is 5.75 Å². The van der Waals surface area contributed by atoms with Gasteiger partial charge in [-0.05, 0) is 42.6 Å². The van der Waals surface area contributed by atoms with E-state index in [1.54, 1.807) is 7.11 Å². The molecular weight excluding hydrogens is 350 g/mol. The molecule has 0 unspecified atom stereocenters. The summed E-state index contributed by atoms with van der Waals surface area (Å²) in [7, 11) is 1.65. The van der Waals surface area contributed by atoms with Crippen LogP contribution in [0, 0.1) is 0 Å². The predicted molar refractivity (Wildman–Crippen MR) is 112 cm³/mol. The van der Waals surface area contributed by atoms with Crippen molar-refractivity contribution in [3.63, 3.8) is 0 Å². The molecule has 2 heterocycles. The van der Waals surface area contributed by atoms with Crippen molar-refractivity contribution < 1.29 is 4.74 Å². The van der Waals surface area contributed by atoms with Crippen LogP contribution in [-0.4, -0.2) is 28.5 Å². The molecule has 6 heteroatoms. The van der Waals surface area contributed by atoms with Gasteiger partial charge in [-0.1, -0.05) is 42.5 Å². The Morgan fingerprint density at radius 2 is 1.89 bits per heavy atom. The molecule has 1 saturated heterocycles. The van der Waals surface area contributed by atoms with Crippen molar-refractivity contribution in [2.24, 2.45) is 0 Å². The van der Waals surface area contributed by atoms with Gasteiger partial charge in [0.05, 0.1) is 12.8 Å². The Morgan fingerprint density at radius 1 is 1.07 bits per heavy atom. The van der Waals surface area contributed by atoms with Crippen LogP contribution >= 0.6 is 0 Å². The third-order valence-electron chi connectivity index (χ3n) is 5.29. The summed E-state index contributed by atoms with van der Waals surface area (Å²) in [5.41, 5.74) is 16.2. The highest BCUT2D eigenvalue weighted by atomic mass is 16.5. The first-order valence-electron chi connectivity index (χ1n) is 9.51. The minimum Gasteiger partial charge on any atom is -0.497 e. The molecule has 1 aromatic heterocycles. The van der Waals surface area contributed by atoms with Crippen LogP contribution in [0.4, 0.5) is 11.8 Å². The third kappa shape index (κ3) is 3.64. The molecule has 0 saturated carbocycles. The number of benzene rings is 2. The lowest BCUT2D eigenvalue weighted by Gasteiger charge is -2.26. The highest BCUT2D eigenvalue weighted by Crippen LogP contribution is 2.36. The van der Waals surface area contributed by atoms with Crippen LogP contribution < -0.4 is 16.2 Å². The van der Waals surface area contributed by atoms with Crippen LogP contribution in [0.15, 0.2) is 54.6 Å². The Labute approximate surface area is 165 Å². The van der Waals surface area contributed by atoms with Crippen molar-refractivity contribution in [3.05, 3.63) is 65.9 Å². The lowest BCUT2D eigenvalue weighted by atomic mass is 10.0. The highest BCUT2D eigenvalue weighted by Gasteiger charge is 2.27. The number of rotatable bonds is 5. The van der Waals surface area contributed by atoms with E-state index in [0.717, 1.165) is 42.0 Å². The van der Waals surface area contributed by atoms with E-state index < -0.39 is 0 Å². The van der Waals surface area contributed by atoms with Crippen LogP contribution in [-0.2, 0) is 6.54 Å². The fraction of sp³-hybridized carbons (Fsp3) is 0.273. The molecular formula is C22H25N5O. The molecule has 2 aromatic carbocycles. The zero-order valence-electron chi connectivity index (χ0n) is 16.0. The van der Waals surface area contributed by atoms with E-state index in [9.17, 15) is 0 Å². The summed E-state index contributed by atoms with van der Waals surface area (Å²) in [5.74, 6) is 1.36. The SMILES string of the molecule is COc1cccc(-c2c(N)nc(N)nc2CN2CCC[C@H]2c2ccccc2)c1. The Balaban J connectivity index is 1.71. The Hall–Kier alpha value is -3.12. The second kappa shape index (κ2) is 7.86. The Bertz CT molecular complexity index is 960. The van der Waals surface area contributed by atoms with Gasteiger partial charge in [0.1, 0.15) is 11.6 Å². The number of hydrogen-bond donors (Lipinski definition) is 2. The second-order valence-corrected chi connectivity index (χ2v) is 7.06. The van der Waals surface area contributed by atoms with E-state index in [4.69, 9.17) is 16.2 Å². The standard InChI is InChI=1S/C22H25N5O/c1-28-17-10-5-9-16(13-17)20-18(25-22(24)26-21(20)23)14-27-12-6-11-19(27)15-7-3-2-4-8-15/h2-5,7-10,13,19H,6,11-12,14H2,1H3,(H4,23,24,25,26)/t19-/m0/s1. The van der Waals surface area contributed by atoms with Crippen LogP contribution in [0.1, 0.15) is 30.1 Å². The normalized spacial score (nSPS) is 17.0. The topological polar surface area (TPSA) is 90.3 Å². The number of nitrogen functional groups attached to an aromatic ring is 2. The summed E-state index contributed by atoms with van der Waals surface area (Å²) in [6, 6.07) is 18.8. The van der Waals surface area contributed by atoms with Gasteiger partial charge in [-0.15, -0.1) is 0 Å². The van der Waals surface area contributed by atoms with Crippen molar-refractivity contribution in [1.29, 1.82) is 0 Å². The lowest BCUT2D eigenvalue weighted by molar-refractivity contribution is 0.246. The van der Waals surface area contributed by atoms with E-state index in [-0.39, 0.29) is 5.95 Å². The van der Waals surface area contributed by atoms with Gasteiger partial charge in [0.25, 0.3) is 0 Å². The van der Waals surface area contributed by atoms with E-state index in [2.05, 4.69) is 45.2 Å². The minimum absolute atomic E-state index is 0.203. The molecule has 6 nitrogen and oxygen atoms in total. The molecule has 0 amide bonds. The van der Waals surface area contributed by atoms with Gasteiger partial charge >= 0.3 is 0 Å². The molecule has 0 bridgehead atoms. The summed E-state index contributed by atoms with van der Waals surface area (Å²) in [6.07, 6.45) is 2.29. The fourth-order valence-electron chi connectivity index (χ4n) is 4.01. The van der Waals surface area contributed by atoms with Crippen LogP contribution in [0.25, 0.3) is 11.1 Å². The summed E-state index contributed by atoms with van der Waals surface area (Å²) >= 11 is 0. The molecule has 0 spiro atoms. The van der Waals surface area contributed by atoms with E-state index in [1.165, 1.54) is 5.56 Å². The first kappa shape index (κ1) is 18.3. The summed E-state index contributed by atoms with van der Waals surface area (Å²) in [4.78, 5) is 11.2. The molecule has 1 aliphatic rings. The monoisotopic (exact) mass is 375 g/mol. The average molecular weight is 375 g/mol. The third-order valence-corrected chi connectivity index (χ3v) is 5.29. The minimum atomic E-state index is 0.203. The van der Waals surface area contributed by atoms with Crippen molar-refractivity contribution >= 4 is 11.8 Å². The lowest BCUT2D eigenvalue weighted by Crippen LogP contribution is -2.24. The number of anilines is 2. The summed E-state index contributed by atoms with van der Waals surface area (Å²) in [5, 5.41) is 0.